The number of fused-ring (bicyclic) bond motifs is 1. The monoisotopic (exact) mass is 376 g/mol. The third kappa shape index (κ3) is 3.27. The Balaban J connectivity index is 2.03. The number of ether oxygens (including phenoxy) is 1. The van der Waals surface area contributed by atoms with Crippen molar-refractivity contribution in [3.63, 3.8) is 0 Å². The molecular formula is C16H20N6O3S. The highest BCUT2D eigenvalue weighted by Gasteiger charge is 2.23. The molecule has 2 aromatic heterocycles. The second-order valence-corrected chi connectivity index (χ2v) is 7.63. The fourth-order valence-electron chi connectivity index (χ4n) is 2.57. The van der Waals surface area contributed by atoms with Crippen molar-refractivity contribution in [3.8, 4) is 5.75 Å². The predicted octanol–water partition coefficient (Wildman–Crippen LogP) is 1.36. The summed E-state index contributed by atoms with van der Waals surface area (Å²) in [5.74, 6) is 0.620. The van der Waals surface area contributed by atoms with E-state index in [2.05, 4.69) is 20.3 Å². The highest BCUT2D eigenvalue weighted by Crippen LogP contribution is 2.25. The second kappa shape index (κ2) is 6.79. The first-order valence-corrected chi connectivity index (χ1v) is 9.59. The maximum Gasteiger partial charge on any atom is 0.251 e. The van der Waals surface area contributed by atoms with Crippen molar-refractivity contribution in [2.45, 2.75) is 17.8 Å². The molecule has 0 atom stereocenters. The van der Waals surface area contributed by atoms with Gasteiger partial charge in [0.05, 0.1) is 24.9 Å². The topological polar surface area (TPSA) is 125 Å². The number of aryl methyl sites for hydroxylation is 1. The number of nitrogens with one attached hydrogen (secondary N) is 1. The molecule has 26 heavy (non-hydrogen) atoms. The first kappa shape index (κ1) is 17.9. The van der Waals surface area contributed by atoms with Gasteiger partial charge in [0.25, 0.3) is 5.16 Å². The summed E-state index contributed by atoms with van der Waals surface area (Å²) in [6.45, 7) is 2.47. The van der Waals surface area contributed by atoms with Crippen molar-refractivity contribution < 1.29 is 13.2 Å². The van der Waals surface area contributed by atoms with Crippen LogP contribution in [0.1, 0.15) is 12.5 Å². The summed E-state index contributed by atoms with van der Waals surface area (Å²) in [4.78, 5) is 12.6. The Labute approximate surface area is 151 Å². The first-order valence-electron chi connectivity index (χ1n) is 7.93. The number of hydrogen-bond acceptors (Lipinski definition) is 8. The molecule has 0 saturated heterocycles. The highest BCUT2D eigenvalue weighted by atomic mass is 32.2. The van der Waals surface area contributed by atoms with Crippen molar-refractivity contribution in [2.24, 2.45) is 7.05 Å². The van der Waals surface area contributed by atoms with Crippen LogP contribution in [0.5, 0.6) is 5.75 Å². The van der Waals surface area contributed by atoms with Crippen LogP contribution in [0, 0.1) is 0 Å². The van der Waals surface area contributed by atoms with E-state index in [1.807, 2.05) is 6.92 Å². The van der Waals surface area contributed by atoms with Gasteiger partial charge in [0.1, 0.15) is 5.75 Å². The lowest BCUT2D eigenvalue weighted by atomic mass is 10.2. The molecule has 3 rings (SSSR count). The molecule has 0 saturated carbocycles. The van der Waals surface area contributed by atoms with Gasteiger partial charge in [-0.2, -0.15) is 9.97 Å². The lowest BCUT2D eigenvalue weighted by Gasteiger charge is -2.09. The maximum absolute atomic E-state index is 12.8. The molecule has 0 spiro atoms. The Hall–Kier alpha value is -2.88. The average molecular weight is 376 g/mol. The Morgan fingerprint density at radius 1 is 1.31 bits per heavy atom. The van der Waals surface area contributed by atoms with E-state index in [0.717, 1.165) is 0 Å². The summed E-state index contributed by atoms with van der Waals surface area (Å²) in [7, 11) is -0.526. The number of methoxy groups -OCH3 is 1. The van der Waals surface area contributed by atoms with Crippen molar-refractivity contribution in [1.29, 1.82) is 0 Å². The van der Waals surface area contributed by atoms with Crippen molar-refractivity contribution >= 4 is 32.5 Å². The minimum Gasteiger partial charge on any atom is -0.495 e. The number of imidazole rings is 1. The molecule has 0 fully saturated rings. The zero-order valence-corrected chi connectivity index (χ0v) is 15.5. The Bertz CT molecular complexity index is 1060. The molecule has 9 nitrogen and oxygen atoms in total. The number of nitrogen functional groups attached to an aromatic ring is 1. The standard InChI is InChI=1S/C16H20N6O3S/c1-4-18-14-13-15(22(2)9-19-13)21-16(20-14)26(23,24)8-10-5-6-12(25-3)11(17)7-10/h5-7,9H,4,8,17H2,1-3H3,(H,18,20,21). The van der Waals surface area contributed by atoms with Crippen LogP contribution in [0.15, 0.2) is 29.7 Å². The minimum absolute atomic E-state index is 0.251. The van der Waals surface area contributed by atoms with E-state index >= 15 is 0 Å². The summed E-state index contributed by atoms with van der Waals surface area (Å²) < 4.78 is 32.4. The summed E-state index contributed by atoms with van der Waals surface area (Å²) in [6.07, 6.45) is 1.57. The molecule has 0 aliphatic rings. The molecule has 2 heterocycles. The first-order chi connectivity index (χ1) is 12.4. The second-order valence-electron chi connectivity index (χ2n) is 5.75. The van der Waals surface area contributed by atoms with Crippen LogP contribution in [-0.2, 0) is 22.6 Å². The van der Waals surface area contributed by atoms with Gasteiger partial charge in [-0.25, -0.2) is 13.4 Å². The number of nitrogens with zero attached hydrogens (tertiary/aromatic N) is 4. The minimum atomic E-state index is -3.78. The van der Waals surface area contributed by atoms with Crippen molar-refractivity contribution in [2.75, 3.05) is 24.7 Å². The number of aromatic nitrogens is 4. The van der Waals surface area contributed by atoms with E-state index in [1.54, 1.807) is 36.1 Å². The van der Waals surface area contributed by atoms with Crippen LogP contribution in [0.4, 0.5) is 11.5 Å². The molecule has 10 heteroatoms. The molecular weight excluding hydrogens is 356 g/mol. The van der Waals surface area contributed by atoms with Gasteiger partial charge in [-0.15, -0.1) is 0 Å². The van der Waals surface area contributed by atoms with Crippen LogP contribution >= 0.6 is 0 Å². The number of sulfone groups is 1. The number of hydrogen-bond donors (Lipinski definition) is 2. The molecule has 0 amide bonds. The van der Waals surface area contributed by atoms with Gasteiger partial charge in [0.15, 0.2) is 17.0 Å². The lowest BCUT2D eigenvalue weighted by Crippen LogP contribution is -2.13. The molecule has 0 unspecified atom stereocenters. The van der Waals surface area contributed by atoms with Crippen molar-refractivity contribution in [3.05, 3.63) is 30.1 Å². The fourth-order valence-corrected chi connectivity index (χ4v) is 3.78. The number of anilines is 2. The number of nitrogens with two attached hydrogens (primary N) is 1. The van der Waals surface area contributed by atoms with Crippen LogP contribution < -0.4 is 15.8 Å². The fraction of sp³-hybridized carbons (Fsp3) is 0.312. The summed E-state index contributed by atoms with van der Waals surface area (Å²) >= 11 is 0. The molecule has 3 N–H and O–H groups in total. The Kier molecular flexibility index (Phi) is 4.68. The van der Waals surface area contributed by atoms with Gasteiger partial charge in [-0.05, 0) is 24.6 Å². The zero-order chi connectivity index (χ0) is 18.9. The lowest BCUT2D eigenvalue weighted by molar-refractivity contribution is 0.417. The van der Waals surface area contributed by atoms with Gasteiger partial charge in [-0.1, -0.05) is 6.07 Å². The van der Waals surface area contributed by atoms with Gasteiger partial charge < -0.3 is 20.4 Å². The van der Waals surface area contributed by atoms with E-state index in [0.29, 0.717) is 40.5 Å². The molecule has 0 bridgehead atoms. The van der Waals surface area contributed by atoms with Crippen LogP contribution in [-0.4, -0.2) is 41.6 Å². The van der Waals surface area contributed by atoms with E-state index in [-0.39, 0.29) is 10.9 Å². The van der Waals surface area contributed by atoms with Gasteiger partial charge >= 0.3 is 0 Å². The summed E-state index contributed by atoms with van der Waals surface area (Å²) in [5.41, 5.74) is 7.74. The van der Waals surface area contributed by atoms with Crippen LogP contribution in [0.3, 0.4) is 0 Å². The number of benzene rings is 1. The van der Waals surface area contributed by atoms with E-state index < -0.39 is 9.84 Å². The molecule has 0 radical (unpaired) electrons. The maximum atomic E-state index is 12.8. The Morgan fingerprint density at radius 2 is 2.08 bits per heavy atom. The van der Waals surface area contributed by atoms with Gasteiger partial charge in [0.2, 0.25) is 9.84 Å². The van der Waals surface area contributed by atoms with E-state index in [4.69, 9.17) is 10.5 Å². The van der Waals surface area contributed by atoms with E-state index in [9.17, 15) is 8.42 Å². The third-order valence-electron chi connectivity index (χ3n) is 3.81. The van der Waals surface area contributed by atoms with E-state index in [1.165, 1.54) is 7.11 Å². The smallest absolute Gasteiger partial charge is 0.251 e. The van der Waals surface area contributed by atoms with Crippen LogP contribution in [0.25, 0.3) is 11.2 Å². The number of rotatable bonds is 6. The third-order valence-corrected chi connectivity index (χ3v) is 5.26. The largest absolute Gasteiger partial charge is 0.495 e. The predicted molar refractivity (Wildman–Crippen MR) is 98.8 cm³/mol. The summed E-state index contributed by atoms with van der Waals surface area (Å²) in [6, 6.07) is 4.86. The molecule has 3 aromatic rings. The SMILES string of the molecule is CCNc1nc(S(=O)(=O)Cc2ccc(OC)c(N)c2)nc2c1ncn2C. The quantitative estimate of drug-likeness (QED) is 0.488. The molecule has 1 aromatic carbocycles. The molecule has 0 aliphatic carbocycles. The zero-order valence-electron chi connectivity index (χ0n) is 14.7. The van der Waals surface area contributed by atoms with Crippen molar-refractivity contribution in [1.82, 2.24) is 19.5 Å². The Morgan fingerprint density at radius 3 is 2.73 bits per heavy atom. The summed E-state index contributed by atoms with van der Waals surface area (Å²) in [5, 5.41) is 2.79. The van der Waals surface area contributed by atoms with Crippen LogP contribution in [0.2, 0.25) is 0 Å². The van der Waals surface area contributed by atoms with Gasteiger partial charge in [0, 0.05) is 13.6 Å². The highest BCUT2D eigenvalue weighted by molar-refractivity contribution is 7.90. The molecule has 0 aliphatic heterocycles. The molecule has 138 valence electrons. The normalized spacial score (nSPS) is 11.7. The van der Waals surface area contributed by atoms with Gasteiger partial charge in [-0.3, -0.25) is 0 Å². The average Bonchev–Trinajstić information content (AvgIpc) is 2.96.